The van der Waals surface area contributed by atoms with Gasteiger partial charge in [0.15, 0.2) is 5.13 Å². The molecule has 0 bridgehead atoms. The number of amides is 1. The summed E-state index contributed by atoms with van der Waals surface area (Å²) in [6.45, 7) is 9.11. The third kappa shape index (κ3) is 6.96. The van der Waals surface area contributed by atoms with Crippen molar-refractivity contribution in [1.82, 2.24) is 4.98 Å². The van der Waals surface area contributed by atoms with Gasteiger partial charge in [0.25, 0.3) is 5.91 Å². The molecule has 1 aliphatic rings. The molecule has 3 aromatic rings. The summed E-state index contributed by atoms with van der Waals surface area (Å²) in [7, 11) is 0. The van der Waals surface area contributed by atoms with Crippen LogP contribution in [0.5, 0.6) is 0 Å². The maximum absolute atomic E-state index is 14.5. The smallest absolute Gasteiger partial charge is 0.331 e. The van der Waals surface area contributed by atoms with Gasteiger partial charge in [0.2, 0.25) is 0 Å². The monoisotopic (exact) mass is 554 g/mol. The minimum absolute atomic E-state index is 0.143. The molecule has 1 amide bonds. The SMILES string of the molecule is CC(=Cc1c(F)cc(C(=O)Nc2nc3c(s2)CCc2c(CCCOCC(C)(C)C)cccc2-3)cc1F)C(=O)O. The fraction of sp³-hybridized carbons (Fsp3) is 0.367. The van der Waals surface area contributed by atoms with Crippen molar-refractivity contribution in [1.29, 1.82) is 0 Å². The number of fused-ring (bicyclic) bond motifs is 3. The van der Waals surface area contributed by atoms with Gasteiger partial charge in [-0.15, -0.1) is 11.3 Å². The number of ether oxygens (including phenoxy) is 1. The second kappa shape index (κ2) is 11.8. The number of benzene rings is 2. The van der Waals surface area contributed by atoms with Crippen LogP contribution in [0.2, 0.25) is 0 Å². The number of aryl methyl sites for hydroxylation is 2. The standard InChI is InChI=1S/C30H32F2N2O4S/c1-17(28(36)37)13-22-23(31)14-19(15-24(22)32)27(35)34-29-33-26-21-9-5-7-18(20(21)10-11-25(26)39-29)8-6-12-38-16-30(2,3)4/h5,7,9,13-15H,6,8,10-12,16H2,1-4H3,(H,36,37)(H,33,34,35). The van der Waals surface area contributed by atoms with Crippen LogP contribution in [0.1, 0.15) is 66.0 Å². The number of nitrogens with one attached hydrogen (secondary N) is 1. The number of carbonyl (C=O) groups excluding carboxylic acids is 1. The molecular weight excluding hydrogens is 522 g/mol. The summed E-state index contributed by atoms with van der Waals surface area (Å²) >= 11 is 1.35. The number of carboxylic acid groups (broad SMARTS) is 1. The lowest BCUT2D eigenvalue weighted by Gasteiger charge is -2.20. The lowest BCUT2D eigenvalue weighted by molar-refractivity contribution is -0.132. The summed E-state index contributed by atoms with van der Waals surface area (Å²) in [5.41, 5.74) is 3.58. The Hall–Kier alpha value is -3.43. The van der Waals surface area contributed by atoms with Crippen LogP contribution in [0.25, 0.3) is 17.3 Å². The number of anilines is 1. The molecule has 0 radical (unpaired) electrons. The number of thiazole rings is 1. The molecule has 0 fully saturated rings. The van der Waals surface area contributed by atoms with Gasteiger partial charge in [0.05, 0.1) is 12.3 Å². The first kappa shape index (κ1) is 28.6. The maximum atomic E-state index is 14.5. The van der Waals surface area contributed by atoms with Crippen molar-refractivity contribution >= 4 is 34.4 Å². The Morgan fingerprint density at radius 2 is 1.90 bits per heavy atom. The second-order valence-electron chi connectivity index (χ2n) is 10.9. The van der Waals surface area contributed by atoms with E-state index >= 15 is 0 Å². The van der Waals surface area contributed by atoms with E-state index in [0.717, 1.165) is 66.6 Å². The van der Waals surface area contributed by atoms with Gasteiger partial charge in [-0.2, -0.15) is 0 Å². The predicted molar refractivity (Wildman–Crippen MR) is 149 cm³/mol. The van der Waals surface area contributed by atoms with Gasteiger partial charge in [-0.05, 0) is 67.4 Å². The molecule has 39 heavy (non-hydrogen) atoms. The van der Waals surface area contributed by atoms with Gasteiger partial charge in [0, 0.05) is 33.7 Å². The fourth-order valence-corrected chi connectivity index (χ4v) is 5.42. The van der Waals surface area contributed by atoms with Gasteiger partial charge >= 0.3 is 5.97 Å². The van der Waals surface area contributed by atoms with Gasteiger partial charge < -0.3 is 9.84 Å². The average Bonchev–Trinajstić information content (AvgIpc) is 3.28. The highest BCUT2D eigenvalue weighted by atomic mass is 32.1. The number of hydrogen-bond donors (Lipinski definition) is 2. The van der Waals surface area contributed by atoms with Crippen LogP contribution in [0, 0.1) is 17.0 Å². The van der Waals surface area contributed by atoms with Gasteiger partial charge in [-0.3, -0.25) is 10.1 Å². The third-order valence-corrected chi connectivity index (χ3v) is 7.39. The number of rotatable bonds is 9. The highest BCUT2D eigenvalue weighted by Gasteiger charge is 2.24. The van der Waals surface area contributed by atoms with E-state index in [1.807, 2.05) is 12.1 Å². The fourth-order valence-electron chi connectivity index (χ4n) is 4.45. The Balaban J connectivity index is 1.48. The number of hydrogen-bond acceptors (Lipinski definition) is 5. The van der Waals surface area contributed by atoms with Gasteiger partial charge in [-0.1, -0.05) is 39.0 Å². The van der Waals surface area contributed by atoms with E-state index in [0.29, 0.717) is 11.7 Å². The average molecular weight is 555 g/mol. The molecule has 9 heteroatoms. The van der Waals surface area contributed by atoms with Crippen molar-refractivity contribution in [3.05, 3.63) is 74.7 Å². The lowest BCUT2D eigenvalue weighted by atomic mass is 9.88. The Labute approximate surface area is 230 Å². The minimum Gasteiger partial charge on any atom is -0.478 e. The molecule has 0 spiro atoms. The topological polar surface area (TPSA) is 88.5 Å². The normalized spacial score (nSPS) is 13.1. The Morgan fingerprint density at radius 3 is 2.56 bits per heavy atom. The highest BCUT2D eigenvalue weighted by Crippen LogP contribution is 2.39. The van der Waals surface area contributed by atoms with Crippen molar-refractivity contribution < 1.29 is 28.2 Å². The van der Waals surface area contributed by atoms with Crippen LogP contribution in [0.3, 0.4) is 0 Å². The van der Waals surface area contributed by atoms with Crippen molar-refractivity contribution in [2.75, 3.05) is 18.5 Å². The van der Waals surface area contributed by atoms with E-state index in [-0.39, 0.29) is 16.6 Å². The van der Waals surface area contributed by atoms with E-state index in [4.69, 9.17) is 9.84 Å². The van der Waals surface area contributed by atoms with E-state index in [1.54, 1.807) is 0 Å². The zero-order chi connectivity index (χ0) is 28.3. The molecule has 2 N–H and O–H groups in total. The van der Waals surface area contributed by atoms with Crippen LogP contribution >= 0.6 is 11.3 Å². The number of carbonyl (C=O) groups is 2. The zero-order valence-corrected chi connectivity index (χ0v) is 23.3. The zero-order valence-electron chi connectivity index (χ0n) is 22.5. The molecule has 0 unspecified atom stereocenters. The van der Waals surface area contributed by atoms with Gasteiger partial charge in [-0.25, -0.2) is 18.6 Å². The van der Waals surface area contributed by atoms with Crippen molar-refractivity contribution in [2.45, 2.75) is 53.4 Å². The quantitative estimate of drug-likeness (QED) is 0.221. The minimum atomic E-state index is -1.29. The number of nitrogens with zero attached hydrogens (tertiary/aromatic N) is 1. The highest BCUT2D eigenvalue weighted by molar-refractivity contribution is 7.16. The first-order valence-corrected chi connectivity index (χ1v) is 13.6. The van der Waals surface area contributed by atoms with Crippen molar-refractivity contribution in [3.63, 3.8) is 0 Å². The summed E-state index contributed by atoms with van der Waals surface area (Å²) < 4.78 is 34.9. The molecule has 1 aromatic heterocycles. The molecule has 0 atom stereocenters. The summed E-state index contributed by atoms with van der Waals surface area (Å²) in [4.78, 5) is 29.5. The molecule has 0 aliphatic heterocycles. The molecule has 2 aromatic carbocycles. The summed E-state index contributed by atoms with van der Waals surface area (Å²) in [5.74, 6) is -4.04. The molecule has 6 nitrogen and oxygen atoms in total. The van der Waals surface area contributed by atoms with Crippen molar-refractivity contribution in [3.8, 4) is 11.3 Å². The Morgan fingerprint density at radius 1 is 1.18 bits per heavy atom. The second-order valence-corrected chi connectivity index (χ2v) is 12.0. The van der Waals surface area contributed by atoms with Crippen LogP contribution < -0.4 is 5.32 Å². The Kier molecular flexibility index (Phi) is 8.61. The van der Waals surface area contributed by atoms with Gasteiger partial charge in [0.1, 0.15) is 11.6 Å². The predicted octanol–water partition coefficient (Wildman–Crippen LogP) is 6.92. The first-order chi connectivity index (χ1) is 18.4. The summed E-state index contributed by atoms with van der Waals surface area (Å²) in [5, 5.41) is 12.0. The van der Waals surface area contributed by atoms with Crippen LogP contribution in [0.4, 0.5) is 13.9 Å². The van der Waals surface area contributed by atoms with E-state index in [2.05, 4.69) is 37.1 Å². The molecule has 4 rings (SSSR count). The molecule has 1 aliphatic carbocycles. The molecule has 206 valence electrons. The maximum Gasteiger partial charge on any atom is 0.331 e. The molecule has 0 saturated heterocycles. The number of aliphatic carboxylic acids is 1. The molecule has 1 heterocycles. The summed E-state index contributed by atoms with van der Waals surface area (Å²) in [6.07, 6.45) is 4.40. The van der Waals surface area contributed by atoms with Crippen LogP contribution in [-0.4, -0.2) is 35.2 Å². The molecule has 0 saturated carbocycles. The van der Waals surface area contributed by atoms with Crippen LogP contribution in [-0.2, 0) is 28.8 Å². The lowest BCUT2D eigenvalue weighted by Crippen LogP contribution is -2.15. The third-order valence-electron chi connectivity index (χ3n) is 6.36. The first-order valence-electron chi connectivity index (χ1n) is 12.8. The number of carboxylic acids is 1. The Bertz CT molecular complexity index is 1420. The number of aromatic nitrogens is 1. The van der Waals surface area contributed by atoms with E-state index in [1.165, 1.54) is 29.4 Å². The van der Waals surface area contributed by atoms with Crippen LogP contribution in [0.15, 0.2) is 35.9 Å². The molecular formula is C30H32F2N2O4S. The van der Waals surface area contributed by atoms with E-state index < -0.39 is 29.1 Å². The summed E-state index contributed by atoms with van der Waals surface area (Å²) in [6, 6.07) is 7.97. The number of halogens is 2. The van der Waals surface area contributed by atoms with Crippen molar-refractivity contribution in [2.24, 2.45) is 5.41 Å². The van der Waals surface area contributed by atoms with E-state index in [9.17, 15) is 18.4 Å². The largest absolute Gasteiger partial charge is 0.478 e.